The van der Waals surface area contributed by atoms with Gasteiger partial charge in [0.25, 0.3) is 5.56 Å². The van der Waals surface area contributed by atoms with Crippen molar-refractivity contribution in [2.24, 2.45) is 7.05 Å². The number of nitrogens with two attached hydrogens (primary N) is 1. The first-order valence-corrected chi connectivity index (χ1v) is 5.22. The first-order chi connectivity index (χ1) is 6.61. The number of nitrogen functional groups attached to an aromatic ring is 1. The van der Waals surface area contributed by atoms with Gasteiger partial charge in [-0.25, -0.2) is 0 Å². The Balaban J connectivity index is 3.02. The van der Waals surface area contributed by atoms with Crippen LogP contribution in [0.3, 0.4) is 0 Å². The van der Waals surface area contributed by atoms with Crippen molar-refractivity contribution in [3.05, 3.63) is 38.3 Å². The molecule has 0 aliphatic heterocycles. The summed E-state index contributed by atoms with van der Waals surface area (Å²) in [6, 6.07) is 5.45. The normalized spacial score (nSPS) is 10.7. The van der Waals surface area contributed by atoms with Crippen LogP contribution >= 0.6 is 22.6 Å². The van der Waals surface area contributed by atoms with Crippen molar-refractivity contribution >= 4 is 39.1 Å². The summed E-state index contributed by atoms with van der Waals surface area (Å²) >= 11 is 2.16. The summed E-state index contributed by atoms with van der Waals surface area (Å²) in [4.78, 5) is 11.7. The number of benzene rings is 1. The molecule has 1 aromatic heterocycles. The summed E-state index contributed by atoms with van der Waals surface area (Å²) in [6.07, 6.45) is 1.76. The molecular weight excluding hydrogens is 291 g/mol. The molecule has 0 radical (unpaired) electrons. The van der Waals surface area contributed by atoms with Gasteiger partial charge in [-0.15, -0.1) is 0 Å². The van der Waals surface area contributed by atoms with Crippen LogP contribution < -0.4 is 11.3 Å². The lowest BCUT2D eigenvalue weighted by molar-refractivity contribution is 0.873. The fourth-order valence-electron chi connectivity index (χ4n) is 1.40. The van der Waals surface area contributed by atoms with E-state index < -0.39 is 0 Å². The van der Waals surface area contributed by atoms with Gasteiger partial charge >= 0.3 is 0 Å². The van der Waals surface area contributed by atoms with Gasteiger partial charge in [0.15, 0.2) is 0 Å². The Kier molecular flexibility index (Phi) is 2.22. The molecule has 72 valence electrons. The molecule has 1 aromatic carbocycles. The van der Waals surface area contributed by atoms with E-state index in [0.717, 1.165) is 8.96 Å². The zero-order chi connectivity index (χ0) is 10.3. The van der Waals surface area contributed by atoms with Crippen LogP contribution in [0.4, 0.5) is 5.69 Å². The van der Waals surface area contributed by atoms with Gasteiger partial charge in [-0.2, -0.15) is 0 Å². The van der Waals surface area contributed by atoms with Gasteiger partial charge in [0.1, 0.15) is 0 Å². The minimum Gasteiger partial charge on any atom is -0.398 e. The first-order valence-electron chi connectivity index (χ1n) is 4.14. The van der Waals surface area contributed by atoms with Gasteiger partial charge in [-0.1, -0.05) is 0 Å². The Bertz CT molecular complexity index is 560. The van der Waals surface area contributed by atoms with Gasteiger partial charge in [-0.3, -0.25) is 4.79 Å². The third-order valence-corrected chi connectivity index (χ3v) is 3.43. The van der Waals surface area contributed by atoms with Crippen LogP contribution in [0.25, 0.3) is 10.8 Å². The maximum atomic E-state index is 11.7. The van der Waals surface area contributed by atoms with E-state index in [1.54, 1.807) is 29.9 Å². The molecule has 0 fully saturated rings. The monoisotopic (exact) mass is 300 g/mol. The fraction of sp³-hybridized carbons (Fsp3) is 0.100. The number of rotatable bonds is 0. The van der Waals surface area contributed by atoms with Crippen LogP contribution in [0.2, 0.25) is 0 Å². The summed E-state index contributed by atoms with van der Waals surface area (Å²) in [6.45, 7) is 0. The second kappa shape index (κ2) is 3.27. The highest BCUT2D eigenvalue weighted by Crippen LogP contribution is 2.23. The summed E-state index contributed by atoms with van der Waals surface area (Å²) in [5, 5.41) is 1.64. The van der Waals surface area contributed by atoms with Crippen molar-refractivity contribution in [2.75, 3.05) is 5.73 Å². The molecule has 2 N–H and O–H groups in total. The largest absolute Gasteiger partial charge is 0.398 e. The van der Waals surface area contributed by atoms with E-state index in [2.05, 4.69) is 22.6 Å². The number of aryl methyl sites for hydroxylation is 1. The van der Waals surface area contributed by atoms with Crippen molar-refractivity contribution in [2.45, 2.75) is 0 Å². The topological polar surface area (TPSA) is 48.0 Å². The quantitative estimate of drug-likeness (QED) is 0.595. The van der Waals surface area contributed by atoms with Crippen LogP contribution in [0.1, 0.15) is 0 Å². The molecule has 0 amide bonds. The number of hydrogen-bond donors (Lipinski definition) is 1. The zero-order valence-electron chi connectivity index (χ0n) is 7.62. The van der Waals surface area contributed by atoms with E-state index in [9.17, 15) is 4.79 Å². The molecule has 0 bridgehead atoms. The summed E-state index contributed by atoms with van der Waals surface area (Å²) in [7, 11) is 1.74. The molecule has 0 unspecified atom stereocenters. The second-order valence-electron chi connectivity index (χ2n) is 3.16. The molecule has 0 aliphatic carbocycles. The predicted molar refractivity (Wildman–Crippen MR) is 66.3 cm³/mol. The van der Waals surface area contributed by atoms with Crippen molar-refractivity contribution in [1.29, 1.82) is 0 Å². The van der Waals surface area contributed by atoms with E-state index in [-0.39, 0.29) is 5.56 Å². The highest BCUT2D eigenvalue weighted by Gasteiger charge is 2.05. The molecule has 0 saturated heterocycles. The summed E-state index contributed by atoms with van der Waals surface area (Å²) < 4.78 is 2.51. The first kappa shape index (κ1) is 9.51. The molecule has 3 nitrogen and oxygen atoms in total. The van der Waals surface area contributed by atoms with Gasteiger partial charge in [0.2, 0.25) is 0 Å². The van der Waals surface area contributed by atoms with Gasteiger partial charge < -0.3 is 10.3 Å². The van der Waals surface area contributed by atoms with E-state index in [1.165, 1.54) is 0 Å². The Morgan fingerprint density at radius 3 is 2.71 bits per heavy atom. The lowest BCUT2D eigenvalue weighted by Gasteiger charge is -2.04. The average molecular weight is 300 g/mol. The van der Waals surface area contributed by atoms with Crippen molar-refractivity contribution < 1.29 is 0 Å². The smallest absolute Gasteiger partial charge is 0.258 e. The Hall–Kier alpha value is -1.04. The number of fused-ring (bicyclic) bond motifs is 1. The number of nitrogens with zero attached hydrogens (tertiary/aromatic N) is 1. The maximum Gasteiger partial charge on any atom is 0.258 e. The minimum absolute atomic E-state index is 0.0143. The van der Waals surface area contributed by atoms with E-state index >= 15 is 0 Å². The Labute approximate surface area is 94.7 Å². The van der Waals surface area contributed by atoms with Gasteiger partial charge in [0.05, 0.1) is 0 Å². The summed E-state index contributed by atoms with van der Waals surface area (Å²) in [5.74, 6) is 0. The molecule has 2 aromatic rings. The van der Waals surface area contributed by atoms with Gasteiger partial charge in [-0.05, 0) is 40.8 Å². The molecule has 14 heavy (non-hydrogen) atoms. The molecule has 0 atom stereocenters. The lowest BCUT2D eigenvalue weighted by Crippen LogP contribution is -2.15. The number of hydrogen-bond acceptors (Lipinski definition) is 2. The van der Waals surface area contributed by atoms with E-state index in [0.29, 0.717) is 11.1 Å². The Morgan fingerprint density at radius 1 is 1.29 bits per heavy atom. The minimum atomic E-state index is 0.0143. The fourth-order valence-corrected chi connectivity index (χ4v) is 2.05. The lowest BCUT2D eigenvalue weighted by atomic mass is 10.1. The van der Waals surface area contributed by atoms with Gasteiger partial charge in [0, 0.05) is 33.3 Å². The Morgan fingerprint density at radius 2 is 2.00 bits per heavy atom. The molecule has 0 aliphatic rings. The van der Waals surface area contributed by atoms with E-state index in [4.69, 9.17) is 5.73 Å². The van der Waals surface area contributed by atoms with Crippen LogP contribution in [0.5, 0.6) is 0 Å². The molecule has 2 rings (SSSR count). The third-order valence-electron chi connectivity index (χ3n) is 2.23. The number of anilines is 1. The summed E-state index contributed by atoms with van der Waals surface area (Å²) in [5.41, 5.74) is 6.49. The standard InChI is InChI=1S/C10H9IN2O/c1-13-5-4-6-7(10(13)14)2-3-8(12)9(6)11/h2-5H,12H2,1H3. The molecule has 0 saturated carbocycles. The third kappa shape index (κ3) is 1.30. The van der Waals surface area contributed by atoms with Crippen molar-refractivity contribution in [1.82, 2.24) is 4.57 Å². The van der Waals surface area contributed by atoms with Crippen LogP contribution in [-0.2, 0) is 7.05 Å². The molecular formula is C10H9IN2O. The number of halogens is 1. The van der Waals surface area contributed by atoms with Crippen LogP contribution in [-0.4, -0.2) is 4.57 Å². The van der Waals surface area contributed by atoms with Crippen molar-refractivity contribution in [3.8, 4) is 0 Å². The predicted octanol–water partition coefficient (Wildman–Crippen LogP) is 1.73. The van der Waals surface area contributed by atoms with E-state index in [1.807, 2.05) is 6.07 Å². The maximum absolute atomic E-state index is 11.7. The van der Waals surface area contributed by atoms with Crippen molar-refractivity contribution in [3.63, 3.8) is 0 Å². The van der Waals surface area contributed by atoms with Crippen LogP contribution in [0, 0.1) is 3.57 Å². The highest BCUT2D eigenvalue weighted by molar-refractivity contribution is 14.1. The molecule has 0 spiro atoms. The zero-order valence-corrected chi connectivity index (χ0v) is 9.78. The number of aromatic nitrogens is 1. The molecule has 1 heterocycles. The second-order valence-corrected chi connectivity index (χ2v) is 4.24. The number of pyridine rings is 1. The SMILES string of the molecule is Cn1ccc2c(I)c(N)ccc2c1=O. The molecule has 4 heteroatoms. The average Bonchev–Trinajstić information content (AvgIpc) is 2.17. The highest BCUT2D eigenvalue weighted by atomic mass is 127. The van der Waals surface area contributed by atoms with Crippen LogP contribution in [0.15, 0.2) is 29.2 Å².